The smallest absolute Gasteiger partial charge is 0.227 e. The highest BCUT2D eigenvalue weighted by Crippen LogP contribution is 2.38. The van der Waals surface area contributed by atoms with Gasteiger partial charge in [-0.2, -0.15) is 0 Å². The molecule has 0 bridgehead atoms. The molecule has 1 atom stereocenters. The fraction of sp³-hybridized carbons (Fsp3) is 0.500. The van der Waals surface area contributed by atoms with Gasteiger partial charge in [0.25, 0.3) is 0 Å². The van der Waals surface area contributed by atoms with E-state index in [0.29, 0.717) is 13.0 Å². The molecule has 92 valence electrons. The molecule has 0 aromatic heterocycles. The van der Waals surface area contributed by atoms with Crippen LogP contribution < -0.4 is 10.6 Å². The largest absolute Gasteiger partial charge is 0.330 e. The molecular formula is C14H20N2O. The van der Waals surface area contributed by atoms with E-state index in [1.807, 2.05) is 36.1 Å². The van der Waals surface area contributed by atoms with Gasteiger partial charge in [0.2, 0.25) is 5.91 Å². The van der Waals surface area contributed by atoms with Gasteiger partial charge in [0.1, 0.15) is 0 Å². The van der Waals surface area contributed by atoms with Crippen molar-refractivity contribution in [2.24, 2.45) is 11.7 Å². The summed E-state index contributed by atoms with van der Waals surface area (Å²) in [5, 5.41) is 0. The fourth-order valence-electron chi connectivity index (χ4n) is 2.60. The van der Waals surface area contributed by atoms with Crippen molar-refractivity contribution in [2.75, 3.05) is 11.4 Å². The average molecular weight is 232 g/mol. The van der Waals surface area contributed by atoms with Gasteiger partial charge >= 0.3 is 0 Å². The second-order valence-corrected chi connectivity index (χ2v) is 5.36. The zero-order valence-corrected chi connectivity index (χ0v) is 10.7. The summed E-state index contributed by atoms with van der Waals surface area (Å²) in [7, 11) is 0. The van der Waals surface area contributed by atoms with Gasteiger partial charge in [-0.1, -0.05) is 17.7 Å². The van der Waals surface area contributed by atoms with Gasteiger partial charge in [-0.15, -0.1) is 0 Å². The zero-order chi connectivity index (χ0) is 12.6. The van der Waals surface area contributed by atoms with Crippen molar-refractivity contribution in [3.63, 3.8) is 0 Å². The lowest BCUT2D eigenvalue weighted by molar-refractivity contribution is -0.117. The van der Waals surface area contributed by atoms with Crippen LogP contribution in [0, 0.1) is 12.8 Å². The third kappa shape index (κ3) is 1.95. The first-order valence-corrected chi connectivity index (χ1v) is 6.06. The monoisotopic (exact) mass is 232 g/mol. The minimum atomic E-state index is -0.193. The van der Waals surface area contributed by atoms with Gasteiger partial charge < -0.3 is 10.6 Å². The Morgan fingerprint density at radius 3 is 2.41 bits per heavy atom. The summed E-state index contributed by atoms with van der Waals surface area (Å²) >= 11 is 0. The van der Waals surface area contributed by atoms with Crippen molar-refractivity contribution < 1.29 is 4.79 Å². The molecule has 0 aliphatic carbocycles. The van der Waals surface area contributed by atoms with Crippen LogP contribution in [0.3, 0.4) is 0 Å². The van der Waals surface area contributed by atoms with Crippen LogP contribution in [-0.2, 0) is 4.79 Å². The van der Waals surface area contributed by atoms with Crippen LogP contribution in [0.15, 0.2) is 24.3 Å². The molecular weight excluding hydrogens is 212 g/mol. The Morgan fingerprint density at radius 1 is 1.35 bits per heavy atom. The minimum Gasteiger partial charge on any atom is -0.330 e. The van der Waals surface area contributed by atoms with E-state index in [0.717, 1.165) is 5.69 Å². The standard InChI is InChI=1S/C14H20N2O/c1-10-4-6-12(7-5-10)16-13(17)8-11(9-15)14(16,2)3/h4-7,11H,8-9,15H2,1-3H3. The molecule has 1 heterocycles. The molecule has 1 aliphatic rings. The lowest BCUT2D eigenvalue weighted by atomic mass is 9.88. The van der Waals surface area contributed by atoms with Crippen LogP contribution in [0.2, 0.25) is 0 Å². The maximum atomic E-state index is 12.1. The van der Waals surface area contributed by atoms with E-state index in [1.54, 1.807) is 0 Å². The summed E-state index contributed by atoms with van der Waals surface area (Å²) in [6.45, 7) is 6.79. The van der Waals surface area contributed by atoms with Gasteiger partial charge in [0, 0.05) is 23.6 Å². The normalized spacial score (nSPS) is 23.2. The zero-order valence-electron chi connectivity index (χ0n) is 10.7. The number of hydrogen-bond acceptors (Lipinski definition) is 2. The number of amides is 1. The molecule has 2 N–H and O–H groups in total. The molecule has 0 saturated carbocycles. The lowest BCUT2D eigenvalue weighted by Crippen LogP contribution is -2.46. The maximum Gasteiger partial charge on any atom is 0.227 e. The van der Waals surface area contributed by atoms with Gasteiger partial charge in [0.15, 0.2) is 0 Å². The summed E-state index contributed by atoms with van der Waals surface area (Å²) in [6, 6.07) is 8.09. The predicted molar refractivity (Wildman–Crippen MR) is 69.9 cm³/mol. The van der Waals surface area contributed by atoms with Crippen molar-refractivity contribution in [1.82, 2.24) is 0 Å². The summed E-state index contributed by atoms with van der Waals surface area (Å²) in [5.41, 5.74) is 7.74. The molecule has 1 aromatic carbocycles. The molecule has 1 fully saturated rings. The highest BCUT2D eigenvalue weighted by atomic mass is 16.2. The Morgan fingerprint density at radius 2 is 1.94 bits per heavy atom. The summed E-state index contributed by atoms with van der Waals surface area (Å²) in [4.78, 5) is 14.0. The van der Waals surface area contributed by atoms with Crippen LogP contribution in [0.25, 0.3) is 0 Å². The fourth-order valence-corrected chi connectivity index (χ4v) is 2.60. The van der Waals surface area contributed by atoms with Crippen molar-refractivity contribution in [3.8, 4) is 0 Å². The molecule has 17 heavy (non-hydrogen) atoms. The number of benzene rings is 1. The van der Waals surface area contributed by atoms with Crippen LogP contribution >= 0.6 is 0 Å². The SMILES string of the molecule is Cc1ccc(N2C(=O)CC(CN)C2(C)C)cc1. The lowest BCUT2D eigenvalue weighted by Gasteiger charge is -2.35. The molecule has 3 nitrogen and oxygen atoms in total. The summed E-state index contributed by atoms with van der Waals surface area (Å²) in [5.74, 6) is 0.408. The first-order chi connectivity index (χ1) is 7.96. The molecule has 1 unspecified atom stereocenters. The van der Waals surface area contributed by atoms with Crippen LogP contribution in [0.4, 0.5) is 5.69 Å². The number of hydrogen-bond donors (Lipinski definition) is 1. The predicted octanol–water partition coefficient (Wildman–Crippen LogP) is 2.09. The number of carbonyl (C=O) groups is 1. The molecule has 0 radical (unpaired) electrons. The van der Waals surface area contributed by atoms with E-state index in [9.17, 15) is 4.79 Å². The Kier molecular flexibility index (Phi) is 2.96. The van der Waals surface area contributed by atoms with Gasteiger partial charge in [-0.3, -0.25) is 4.79 Å². The highest BCUT2D eigenvalue weighted by Gasteiger charge is 2.45. The second kappa shape index (κ2) is 4.15. The topological polar surface area (TPSA) is 46.3 Å². The van der Waals surface area contributed by atoms with E-state index in [2.05, 4.69) is 13.8 Å². The Bertz CT molecular complexity index is 422. The minimum absolute atomic E-state index is 0.175. The van der Waals surface area contributed by atoms with Crippen LogP contribution in [0.1, 0.15) is 25.8 Å². The molecule has 0 spiro atoms. The Hall–Kier alpha value is -1.35. The molecule has 3 heteroatoms. The molecule has 1 aliphatic heterocycles. The third-order valence-corrected chi connectivity index (χ3v) is 3.82. The molecule has 1 aromatic rings. The number of nitrogens with zero attached hydrogens (tertiary/aromatic N) is 1. The van der Waals surface area contributed by atoms with E-state index in [-0.39, 0.29) is 17.4 Å². The number of rotatable bonds is 2. The molecule has 2 rings (SSSR count). The average Bonchev–Trinajstić information content (AvgIpc) is 2.50. The Labute approximate surface area is 103 Å². The van der Waals surface area contributed by atoms with E-state index >= 15 is 0 Å². The first kappa shape index (κ1) is 12.1. The second-order valence-electron chi connectivity index (χ2n) is 5.36. The van der Waals surface area contributed by atoms with Crippen LogP contribution in [0.5, 0.6) is 0 Å². The number of aryl methyl sites for hydroxylation is 1. The van der Waals surface area contributed by atoms with Crippen molar-refractivity contribution in [3.05, 3.63) is 29.8 Å². The van der Waals surface area contributed by atoms with Crippen molar-refractivity contribution >= 4 is 11.6 Å². The quantitative estimate of drug-likeness (QED) is 0.848. The number of nitrogens with two attached hydrogens (primary N) is 1. The van der Waals surface area contributed by atoms with E-state index < -0.39 is 0 Å². The number of anilines is 1. The van der Waals surface area contributed by atoms with E-state index in [1.165, 1.54) is 5.56 Å². The molecule has 1 saturated heterocycles. The Balaban J connectivity index is 2.37. The van der Waals surface area contributed by atoms with Gasteiger partial charge in [0.05, 0.1) is 0 Å². The number of carbonyl (C=O) groups excluding carboxylic acids is 1. The van der Waals surface area contributed by atoms with E-state index in [4.69, 9.17) is 5.73 Å². The van der Waals surface area contributed by atoms with Crippen LogP contribution in [-0.4, -0.2) is 18.0 Å². The van der Waals surface area contributed by atoms with Gasteiger partial charge in [-0.25, -0.2) is 0 Å². The highest BCUT2D eigenvalue weighted by molar-refractivity contribution is 5.97. The summed E-state index contributed by atoms with van der Waals surface area (Å²) in [6.07, 6.45) is 0.553. The maximum absolute atomic E-state index is 12.1. The van der Waals surface area contributed by atoms with Crippen molar-refractivity contribution in [1.29, 1.82) is 0 Å². The third-order valence-electron chi connectivity index (χ3n) is 3.82. The van der Waals surface area contributed by atoms with Gasteiger partial charge in [-0.05, 0) is 39.4 Å². The summed E-state index contributed by atoms with van der Waals surface area (Å²) < 4.78 is 0. The molecule has 1 amide bonds. The van der Waals surface area contributed by atoms with Crippen molar-refractivity contribution in [2.45, 2.75) is 32.7 Å². The first-order valence-electron chi connectivity index (χ1n) is 6.06.